The van der Waals surface area contributed by atoms with E-state index in [1.165, 1.54) is 11.3 Å². The van der Waals surface area contributed by atoms with Gasteiger partial charge in [0.25, 0.3) is 5.91 Å². The van der Waals surface area contributed by atoms with Crippen LogP contribution in [0.15, 0.2) is 12.1 Å². The fourth-order valence-electron chi connectivity index (χ4n) is 2.73. The maximum absolute atomic E-state index is 12.7. The van der Waals surface area contributed by atoms with E-state index in [0.717, 1.165) is 27.6 Å². The molecule has 112 valence electrons. The van der Waals surface area contributed by atoms with Crippen molar-refractivity contribution in [1.29, 1.82) is 0 Å². The van der Waals surface area contributed by atoms with Crippen LogP contribution < -0.4 is 0 Å². The van der Waals surface area contributed by atoms with Crippen molar-refractivity contribution in [3.63, 3.8) is 0 Å². The van der Waals surface area contributed by atoms with Crippen LogP contribution in [0.1, 0.15) is 32.0 Å². The highest BCUT2D eigenvalue weighted by molar-refractivity contribution is 7.13. The molecule has 21 heavy (non-hydrogen) atoms. The second-order valence-corrected chi connectivity index (χ2v) is 6.46. The van der Waals surface area contributed by atoms with Gasteiger partial charge in [-0.1, -0.05) is 5.21 Å². The molecule has 0 fully saturated rings. The number of carbonyl (C=O) groups is 1. The summed E-state index contributed by atoms with van der Waals surface area (Å²) in [6, 6.07) is 3.70. The van der Waals surface area contributed by atoms with Crippen LogP contribution in [0.5, 0.6) is 0 Å². The van der Waals surface area contributed by atoms with Crippen LogP contribution in [-0.4, -0.2) is 46.1 Å². The maximum atomic E-state index is 12.7. The number of nitrogens with zero attached hydrogens (tertiary/aromatic N) is 4. The number of fused-ring (bicyclic) bond motifs is 1. The van der Waals surface area contributed by atoms with E-state index in [4.69, 9.17) is 4.74 Å². The molecule has 1 atom stereocenters. The molecule has 0 unspecified atom stereocenters. The highest BCUT2D eigenvalue weighted by atomic mass is 32.1. The van der Waals surface area contributed by atoms with Crippen molar-refractivity contribution in [3.8, 4) is 0 Å². The van der Waals surface area contributed by atoms with Gasteiger partial charge >= 0.3 is 0 Å². The summed E-state index contributed by atoms with van der Waals surface area (Å²) in [5.74, 6) is 0.0476. The van der Waals surface area contributed by atoms with E-state index < -0.39 is 0 Å². The molecule has 0 spiro atoms. The predicted octanol–water partition coefficient (Wildman–Crippen LogP) is 1.57. The molecule has 1 amide bonds. The highest BCUT2D eigenvalue weighted by Crippen LogP contribution is 2.30. The quantitative estimate of drug-likeness (QED) is 0.863. The Labute approximate surface area is 127 Å². The number of aryl methyl sites for hydroxylation is 2. The van der Waals surface area contributed by atoms with Gasteiger partial charge in [0.05, 0.1) is 17.2 Å². The molecule has 0 bridgehead atoms. The number of rotatable bonds is 3. The lowest BCUT2D eigenvalue weighted by atomic mass is 10.0. The summed E-state index contributed by atoms with van der Waals surface area (Å²) in [6.07, 6.45) is 0.773. The average molecular weight is 306 g/mol. The molecule has 0 aliphatic carbocycles. The van der Waals surface area contributed by atoms with Crippen molar-refractivity contribution in [2.24, 2.45) is 7.05 Å². The van der Waals surface area contributed by atoms with Gasteiger partial charge in [0.15, 0.2) is 0 Å². The highest BCUT2D eigenvalue weighted by Gasteiger charge is 2.35. The van der Waals surface area contributed by atoms with Gasteiger partial charge in [-0.05, 0) is 19.1 Å². The summed E-state index contributed by atoms with van der Waals surface area (Å²) in [5.41, 5.74) is 1.94. The molecule has 7 heteroatoms. The minimum Gasteiger partial charge on any atom is -0.382 e. The molecule has 2 aromatic heterocycles. The zero-order valence-electron chi connectivity index (χ0n) is 12.4. The van der Waals surface area contributed by atoms with Crippen LogP contribution >= 0.6 is 11.3 Å². The Morgan fingerprint density at radius 2 is 2.33 bits per heavy atom. The van der Waals surface area contributed by atoms with Crippen molar-refractivity contribution >= 4 is 17.2 Å². The van der Waals surface area contributed by atoms with Crippen molar-refractivity contribution in [3.05, 3.63) is 33.3 Å². The average Bonchev–Trinajstić information content (AvgIpc) is 3.06. The second-order valence-electron chi connectivity index (χ2n) is 5.17. The van der Waals surface area contributed by atoms with Crippen LogP contribution in [0.3, 0.4) is 0 Å². The number of ether oxygens (including phenoxy) is 1. The Hall–Kier alpha value is -1.73. The van der Waals surface area contributed by atoms with Crippen molar-refractivity contribution < 1.29 is 9.53 Å². The lowest BCUT2D eigenvalue weighted by molar-refractivity contribution is 0.0495. The Kier molecular flexibility index (Phi) is 3.77. The molecule has 3 rings (SSSR count). The summed E-state index contributed by atoms with van der Waals surface area (Å²) in [5, 5.41) is 8.31. The third-order valence-electron chi connectivity index (χ3n) is 3.79. The van der Waals surface area contributed by atoms with Crippen LogP contribution in [0.25, 0.3) is 0 Å². The standard InChI is InChI=1S/C14H18N4O2S/c1-9-4-5-12(21-9)14(19)18-7-6-10-13(11(18)8-20-3)15-16-17(10)2/h4-5,11H,6-8H2,1-3H3/t11-/m1/s1. The van der Waals surface area contributed by atoms with E-state index in [1.54, 1.807) is 11.8 Å². The van der Waals surface area contributed by atoms with E-state index in [-0.39, 0.29) is 11.9 Å². The lowest BCUT2D eigenvalue weighted by Crippen LogP contribution is -2.42. The van der Waals surface area contributed by atoms with E-state index in [2.05, 4.69) is 10.3 Å². The zero-order valence-corrected chi connectivity index (χ0v) is 13.2. The molecule has 0 saturated carbocycles. The van der Waals surface area contributed by atoms with Gasteiger partial charge < -0.3 is 9.64 Å². The predicted molar refractivity (Wildman–Crippen MR) is 79.4 cm³/mol. The Morgan fingerprint density at radius 3 is 3.00 bits per heavy atom. The fourth-order valence-corrected chi connectivity index (χ4v) is 3.56. The van der Waals surface area contributed by atoms with E-state index in [0.29, 0.717) is 13.2 Å². The van der Waals surface area contributed by atoms with Crippen LogP contribution in [0.4, 0.5) is 0 Å². The van der Waals surface area contributed by atoms with Gasteiger partial charge in [0, 0.05) is 32.0 Å². The molecule has 0 saturated heterocycles. The number of aromatic nitrogens is 3. The molecule has 2 aromatic rings. The minimum absolute atomic E-state index is 0.0476. The molecule has 0 radical (unpaired) electrons. The third-order valence-corrected chi connectivity index (χ3v) is 4.78. The summed E-state index contributed by atoms with van der Waals surface area (Å²) in [6.45, 7) is 3.10. The molecule has 0 N–H and O–H groups in total. The number of methoxy groups -OCH3 is 1. The number of hydrogen-bond acceptors (Lipinski definition) is 5. The van der Waals surface area contributed by atoms with Crippen molar-refractivity contribution in [2.45, 2.75) is 19.4 Å². The van der Waals surface area contributed by atoms with Crippen LogP contribution in [0.2, 0.25) is 0 Å². The molecule has 3 heterocycles. The third kappa shape index (κ3) is 2.47. The molecule has 6 nitrogen and oxygen atoms in total. The molecule has 1 aliphatic heterocycles. The summed E-state index contributed by atoms with van der Waals surface area (Å²) in [4.78, 5) is 16.5. The van der Waals surface area contributed by atoms with Gasteiger partial charge in [-0.25, -0.2) is 0 Å². The lowest BCUT2D eigenvalue weighted by Gasteiger charge is -2.34. The first-order valence-electron chi connectivity index (χ1n) is 6.86. The first-order valence-corrected chi connectivity index (χ1v) is 7.68. The summed E-state index contributed by atoms with van der Waals surface area (Å²) in [7, 11) is 3.53. The molecular formula is C14H18N4O2S. The van der Waals surface area contributed by atoms with Gasteiger partial charge in [-0.2, -0.15) is 0 Å². The molecule has 0 aromatic carbocycles. The number of thiophene rings is 1. The number of carbonyl (C=O) groups excluding carboxylic acids is 1. The fraction of sp³-hybridized carbons (Fsp3) is 0.500. The summed E-state index contributed by atoms with van der Waals surface area (Å²) < 4.78 is 7.09. The molecule has 1 aliphatic rings. The molecular weight excluding hydrogens is 288 g/mol. The maximum Gasteiger partial charge on any atom is 0.264 e. The van der Waals surface area contributed by atoms with E-state index >= 15 is 0 Å². The smallest absolute Gasteiger partial charge is 0.264 e. The summed E-state index contributed by atoms with van der Waals surface area (Å²) >= 11 is 1.52. The Morgan fingerprint density at radius 1 is 1.52 bits per heavy atom. The topological polar surface area (TPSA) is 60.3 Å². The Balaban J connectivity index is 1.93. The zero-order chi connectivity index (χ0) is 15.0. The van der Waals surface area contributed by atoms with Gasteiger partial charge in [0.2, 0.25) is 0 Å². The van der Waals surface area contributed by atoms with E-state index in [9.17, 15) is 4.79 Å². The van der Waals surface area contributed by atoms with Crippen molar-refractivity contribution in [2.75, 3.05) is 20.3 Å². The van der Waals surface area contributed by atoms with Crippen molar-refractivity contribution in [1.82, 2.24) is 19.9 Å². The largest absolute Gasteiger partial charge is 0.382 e. The second kappa shape index (κ2) is 5.57. The van der Waals surface area contributed by atoms with Gasteiger partial charge in [-0.15, -0.1) is 16.4 Å². The first kappa shape index (κ1) is 14.2. The van der Waals surface area contributed by atoms with Gasteiger partial charge in [0.1, 0.15) is 11.7 Å². The minimum atomic E-state index is -0.164. The Bertz CT molecular complexity index is 664. The SMILES string of the molecule is COC[C@@H]1c2nnn(C)c2CCN1C(=O)c1ccc(C)s1. The monoisotopic (exact) mass is 306 g/mol. The first-order chi connectivity index (χ1) is 10.1. The normalized spacial score (nSPS) is 17.9. The number of amides is 1. The van der Waals surface area contributed by atoms with E-state index in [1.807, 2.05) is 31.0 Å². The van der Waals surface area contributed by atoms with Crippen LogP contribution in [-0.2, 0) is 18.2 Å². The van der Waals surface area contributed by atoms with Crippen LogP contribution in [0, 0.1) is 6.92 Å². The van der Waals surface area contributed by atoms with Gasteiger partial charge in [-0.3, -0.25) is 9.48 Å². The number of hydrogen-bond donors (Lipinski definition) is 0.